The summed E-state index contributed by atoms with van der Waals surface area (Å²) in [5, 5.41) is 4.75. The molecule has 0 saturated carbocycles. The standard InChI is InChI=1S/C25H27N5O/c1-28-13-15-29(16-14-28)20-8-5-7-19(17-20)18-24-26-25-22(10-6-12-30(25)27-24)21-9-3-4-11-23(21)31-2/h3-12,17H,13-16,18H2,1-2H3. The van der Waals surface area contributed by atoms with Gasteiger partial charge in [0.25, 0.3) is 0 Å². The van der Waals surface area contributed by atoms with Gasteiger partial charge in [-0.25, -0.2) is 9.50 Å². The zero-order valence-electron chi connectivity index (χ0n) is 18.0. The van der Waals surface area contributed by atoms with E-state index in [1.807, 2.05) is 35.0 Å². The second-order valence-corrected chi connectivity index (χ2v) is 8.06. The zero-order valence-corrected chi connectivity index (χ0v) is 18.0. The maximum Gasteiger partial charge on any atom is 0.163 e. The normalized spacial score (nSPS) is 14.8. The van der Waals surface area contributed by atoms with Gasteiger partial charge in [0.05, 0.1) is 7.11 Å². The Labute approximate surface area is 182 Å². The number of anilines is 1. The molecule has 1 aliphatic heterocycles. The molecule has 4 aromatic rings. The van der Waals surface area contributed by atoms with Gasteiger partial charge < -0.3 is 14.5 Å². The topological polar surface area (TPSA) is 45.9 Å². The van der Waals surface area contributed by atoms with E-state index in [0.717, 1.165) is 54.5 Å². The number of piperazine rings is 1. The summed E-state index contributed by atoms with van der Waals surface area (Å²) in [6.07, 6.45) is 2.65. The highest BCUT2D eigenvalue weighted by atomic mass is 16.5. The smallest absolute Gasteiger partial charge is 0.163 e. The Kier molecular flexibility index (Phi) is 5.30. The van der Waals surface area contributed by atoms with Crippen molar-refractivity contribution in [3.8, 4) is 16.9 Å². The molecule has 3 heterocycles. The summed E-state index contributed by atoms with van der Waals surface area (Å²) < 4.78 is 7.43. The van der Waals surface area contributed by atoms with Crippen LogP contribution in [0.5, 0.6) is 5.75 Å². The maximum atomic E-state index is 5.56. The molecule has 0 spiro atoms. The fraction of sp³-hybridized carbons (Fsp3) is 0.280. The van der Waals surface area contributed by atoms with Crippen molar-refractivity contribution in [3.63, 3.8) is 0 Å². The first-order valence-electron chi connectivity index (χ1n) is 10.7. The lowest BCUT2D eigenvalue weighted by Gasteiger charge is -2.34. The van der Waals surface area contributed by atoms with E-state index in [1.165, 1.54) is 11.3 Å². The summed E-state index contributed by atoms with van der Waals surface area (Å²) in [5.74, 6) is 1.65. The fourth-order valence-corrected chi connectivity index (χ4v) is 4.21. The van der Waals surface area contributed by atoms with E-state index in [0.29, 0.717) is 6.42 Å². The lowest BCUT2D eigenvalue weighted by atomic mass is 10.1. The van der Waals surface area contributed by atoms with Crippen molar-refractivity contribution in [2.24, 2.45) is 0 Å². The first-order chi connectivity index (χ1) is 15.2. The SMILES string of the molecule is COc1ccccc1-c1cccn2nc(Cc3cccc(N4CCN(C)CC4)c3)nc12. The van der Waals surface area contributed by atoms with Crippen LogP contribution >= 0.6 is 0 Å². The molecule has 31 heavy (non-hydrogen) atoms. The minimum atomic E-state index is 0.703. The number of ether oxygens (including phenoxy) is 1. The Morgan fingerprint density at radius 1 is 0.903 bits per heavy atom. The number of nitrogens with zero attached hydrogens (tertiary/aromatic N) is 5. The number of methoxy groups -OCH3 is 1. The molecule has 0 unspecified atom stereocenters. The Morgan fingerprint density at radius 3 is 2.55 bits per heavy atom. The van der Waals surface area contributed by atoms with Gasteiger partial charge >= 0.3 is 0 Å². The first kappa shape index (κ1) is 19.6. The highest BCUT2D eigenvalue weighted by molar-refractivity contribution is 5.81. The zero-order chi connectivity index (χ0) is 21.2. The van der Waals surface area contributed by atoms with E-state index < -0.39 is 0 Å². The number of para-hydroxylation sites is 1. The van der Waals surface area contributed by atoms with Gasteiger partial charge in [-0.05, 0) is 42.9 Å². The number of fused-ring (bicyclic) bond motifs is 1. The van der Waals surface area contributed by atoms with Gasteiger partial charge in [0, 0.05) is 55.6 Å². The van der Waals surface area contributed by atoms with Crippen molar-refractivity contribution in [2.75, 3.05) is 45.2 Å². The summed E-state index contributed by atoms with van der Waals surface area (Å²) in [5.41, 5.74) is 5.39. The molecule has 0 amide bonds. The van der Waals surface area contributed by atoms with Gasteiger partial charge in [0.1, 0.15) is 5.75 Å². The summed E-state index contributed by atoms with van der Waals surface area (Å²) in [4.78, 5) is 9.72. The van der Waals surface area contributed by atoms with E-state index in [9.17, 15) is 0 Å². The van der Waals surface area contributed by atoms with Crippen LogP contribution in [0.3, 0.4) is 0 Å². The summed E-state index contributed by atoms with van der Waals surface area (Å²) in [6, 6.07) is 20.9. The lowest BCUT2D eigenvalue weighted by molar-refractivity contribution is 0.313. The van der Waals surface area contributed by atoms with Crippen LogP contribution in [-0.4, -0.2) is 59.8 Å². The lowest BCUT2D eigenvalue weighted by Crippen LogP contribution is -2.44. The molecule has 0 atom stereocenters. The van der Waals surface area contributed by atoms with Crippen LogP contribution in [0.15, 0.2) is 66.9 Å². The molecule has 1 aliphatic rings. The quantitative estimate of drug-likeness (QED) is 0.499. The van der Waals surface area contributed by atoms with E-state index in [2.05, 4.69) is 53.2 Å². The fourth-order valence-electron chi connectivity index (χ4n) is 4.21. The maximum absolute atomic E-state index is 5.56. The monoisotopic (exact) mass is 413 g/mol. The minimum absolute atomic E-state index is 0.703. The van der Waals surface area contributed by atoms with E-state index in [-0.39, 0.29) is 0 Å². The molecular formula is C25H27N5O. The Balaban J connectivity index is 1.44. The van der Waals surface area contributed by atoms with Gasteiger partial charge in [-0.3, -0.25) is 0 Å². The minimum Gasteiger partial charge on any atom is -0.496 e. The third-order valence-electron chi connectivity index (χ3n) is 5.94. The molecule has 1 saturated heterocycles. The van der Waals surface area contributed by atoms with Crippen LogP contribution < -0.4 is 9.64 Å². The third-order valence-corrected chi connectivity index (χ3v) is 5.94. The van der Waals surface area contributed by atoms with Crippen LogP contribution in [0.1, 0.15) is 11.4 Å². The van der Waals surface area contributed by atoms with Gasteiger partial charge in [0.15, 0.2) is 11.5 Å². The van der Waals surface area contributed by atoms with Crippen LogP contribution in [0.2, 0.25) is 0 Å². The van der Waals surface area contributed by atoms with Crippen LogP contribution in [0.4, 0.5) is 5.69 Å². The molecule has 0 N–H and O–H groups in total. The van der Waals surface area contributed by atoms with Crippen LogP contribution in [-0.2, 0) is 6.42 Å². The molecule has 5 rings (SSSR count). The van der Waals surface area contributed by atoms with Crippen molar-refractivity contribution < 1.29 is 4.74 Å². The van der Waals surface area contributed by atoms with Crippen molar-refractivity contribution in [1.82, 2.24) is 19.5 Å². The molecule has 0 radical (unpaired) electrons. The molecule has 2 aromatic carbocycles. The summed E-state index contributed by atoms with van der Waals surface area (Å²) >= 11 is 0. The number of hydrogen-bond acceptors (Lipinski definition) is 5. The van der Waals surface area contributed by atoms with Gasteiger partial charge in [-0.1, -0.05) is 30.3 Å². The Hall–Kier alpha value is -3.38. The molecule has 158 valence electrons. The number of pyridine rings is 1. The van der Waals surface area contributed by atoms with Crippen molar-refractivity contribution in [1.29, 1.82) is 0 Å². The van der Waals surface area contributed by atoms with Gasteiger partial charge in [-0.15, -0.1) is 0 Å². The summed E-state index contributed by atoms with van der Waals surface area (Å²) in [6.45, 7) is 4.33. The molecule has 0 aliphatic carbocycles. The Morgan fingerprint density at radius 2 is 1.71 bits per heavy atom. The van der Waals surface area contributed by atoms with E-state index >= 15 is 0 Å². The van der Waals surface area contributed by atoms with E-state index in [1.54, 1.807) is 7.11 Å². The van der Waals surface area contributed by atoms with Gasteiger partial charge in [-0.2, -0.15) is 5.10 Å². The molecule has 6 nitrogen and oxygen atoms in total. The first-order valence-corrected chi connectivity index (χ1v) is 10.7. The van der Waals surface area contributed by atoms with Crippen molar-refractivity contribution in [3.05, 3.63) is 78.2 Å². The predicted molar refractivity (Wildman–Crippen MR) is 124 cm³/mol. The molecule has 0 bridgehead atoms. The Bertz CT molecular complexity index is 1190. The molecular weight excluding hydrogens is 386 g/mol. The van der Waals surface area contributed by atoms with Crippen molar-refractivity contribution >= 4 is 11.3 Å². The molecule has 1 fully saturated rings. The van der Waals surface area contributed by atoms with Gasteiger partial charge in [0.2, 0.25) is 0 Å². The predicted octanol–water partition coefficient (Wildman–Crippen LogP) is 3.75. The third kappa shape index (κ3) is 3.99. The van der Waals surface area contributed by atoms with Crippen LogP contribution in [0.25, 0.3) is 16.8 Å². The number of aromatic nitrogens is 3. The largest absolute Gasteiger partial charge is 0.496 e. The van der Waals surface area contributed by atoms with Crippen molar-refractivity contribution in [2.45, 2.75) is 6.42 Å². The highest BCUT2D eigenvalue weighted by Gasteiger charge is 2.16. The average molecular weight is 414 g/mol. The number of benzene rings is 2. The highest BCUT2D eigenvalue weighted by Crippen LogP contribution is 2.32. The second-order valence-electron chi connectivity index (χ2n) is 8.06. The average Bonchev–Trinajstić information content (AvgIpc) is 3.22. The van der Waals surface area contributed by atoms with Crippen LogP contribution in [0, 0.1) is 0 Å². The second kappa shape index (κ2) is 8.40. The molecule has 2 aromatic heterocycles. The number of likely N-dealkylation sites (N-methyl/N-ethyl adjacent to an activating group) is 1. The number of rotatable bonds is 5. The summed E-state index contributed by atoms with van der Waals surface area (Å²) in [7, 11) is 3.88. The molecule has 6 heteroatoms. The number of hydrogen-bond donors (Lipinski definition) is 0. The van der Waals surface area contributed by atoms with E-state index in [4.69, 9.17) is 14.8 Å².